The third-order valence-corrected chi connectivity index (χ3v) is 5.89. The summed E-state index contributed by atoms with van der Waals surface area (Å²) in [4.78, 5) is 27.9. The van der Waals surface area contributed by atoms with Gasteiger partial charge in [-0.2, -0.15) is 0 Å². The van der Waals surface area contributed by atoms with Crippen molar-refractivity contribution in [3.8, 4) is 11.5 Å². The molecule has 0 spiro atoms. The number of carbonyl (C=O) groups is 2. The molecule has 0 radical (unpaired) electrons. The van der Waals surface area contributed by atoms with Crippen molar-refractivity contribution in [3.63, 3.8) is 0 Å². The molecular weight excluding hydrogens is 378 g/mol. The molecule has 146 valence electrons. The first-order valence-electron chi connectivity index (χ1n) is 9.23. The van der Waals surface area contributed by atoms with Crippen LogP contribution in [0.15, 0.2) is 53.4 Å². The van der Waals surface area contributed by atoms with Crippen molar-refractivity contribution >= 4 is 29.3 Å². The van der Waals surface area contributed by atoms with Crippen LogP contribution in [0.4, 0.5) is 5.69 Å². The van der Waals surface area contributed by atoms with Gasteiger partial charge in [-0.25, -0.2) is 4.79 Å². The van der Waals surface area contributed by atoms with Crippen LogP contribution in [-0.4, -0.2) is 43.0 Å². The van der Waals surface area contributed by atoms with Crippen molar-refractivity contribution in [2.75, 3.05) is 24.7 Å². The van der Waals surface area contributed by atoms with Gasteiger partial charge in [-0.3, -0.25) is 4.79 Å². The first-order chi connectivity index (χ1) is 13.6. The van der Waals surface area contributed by atoms with E-state index in [1.165, 1.54) is 0 Å². The molecule has 2 aliphatic rings. The molecule has 2 aromatic rings. The average Bonchev–Trinajstić information content (AvgIpc) is 2.89. The topological polar surface area (TPSA) is 65.1 Å². The predicted molar refractivity (Wildman–Crippen MR) is 106 cm³/mol. The van der Waals surface area contributed by atoms with Gasteiger partial charge in [0, 0.05) is 16.7 Å². The number of fused-ring (bicyclic) bond motifs is 2. The summed E-state index contributed by atoms with van der Waals surface area (Å²) < 4.78 is 16.4. The number of thioether (sulfide) groups is 1. The molecule has 28 heavy (non-hydrogen) atoms. The molecular formula is C21H21NO5S. The number of ether oxygens (including phenoxy) is 3. The number of benzene rings is 2. The Bertz CT molecular complexity index is 887. The van der Waals surface area contributed by atoms with Gasteiger partial charge < -0.3 is 19.1 Å². The monoisotopic (exact) mass is 399 g/mol. The Morgan fingerprint density at radius 3 is 2.75 bits per heavy atom. The number of nitrogens with zero attached hydrogens (tertiary/aromatic N) is 1. The molecule has 2 heterocycles. The fourth-order valence-electron chi connectivity index (χ4n) is 3.19. The van der Waals surface area contributed by atoms with Crippen LogP contribution < -0.4 is 14.4 Å². The van der Waals surface area contributed by atoms with Crippen molar-refractivity contribution in [3.05, 3.63) is 48.5 Å². The highest BCUT2D eigenvalue weighted by Gasteiger charge is 2.30. The summed E-state index contributed by atoms with van der Waals surface area (Å²) in [5.74, 6) is 0.242. The summed E-state index contributed by atoms with van der Waals surface area (Å²) in [5, 5.41) is 0.411. The van der Waals surface area contributed by atoms with Crippen molar-refractivity contribution < 1.29 is 23.8 Å². The maximum Gasteiger partial charge on any atom is 0.351 e. The Morgan fingerprint density at radius 2 is 1.89 bits per heavy atom. The van der Waals surface area contributed by atoms with E-state index < -0.39 is 12.1 Å². The van der Waals surface area contributed by atoms with Crippen LogP contribution in [0.25, 0.3) is 0 Å². The van der Waals surface area contributed by atoms with Crippen molar-refractivity contribution in [2.45, 2.75) is 29.6 Å². The van der Waals surface area contributed by atoms with Crippen LogP contribution >= 0.6 is 11.8 Å². The minimum Gasteiger partial charge on any atom is -0.485 e. The number of hydrogen-bond donors (Lipinski definition) is 0. The minimum atomic E-state index is -0.880. The van der Waals surface area contributed by atoms with Crippen molar-refractivity contribution in [2.24, 2.45) is 0 Å². The van der Waals surface area contributed by atoms with E-state index in [1.807, 2.05) is 30.3 Å². The summed E-state index contributed by atoms with van der Waals surface area (Å²) in [6, 6.07) is 14.9. The zero-order valence-corrected chi connectivity index (χ0v) is 16.3. The summed E-state index contributed by atoms with van der Waals surface area (Å²) in [7, 11) is 0. The first-order valence-corrected chi connectivity index (χ1v) is 10.1. The SMILES string of the molecule is C[C@H]1CCN(C(=O)COC(=O)[C@@H]2COc3ccccc3O2)c2ccccc2S1. The second kappa shape index (κ2) is 8.14. The van der Waals surface area contributed by atoms with Crippen LogP contribution in [-0.2, 0) is 14.3 Å². The Labute approximate surface area is 167 Å². The van der Waals surface area contributed by atoms with E-state index in [0.29, 0.717) is 23.3 Å². The van der Waals surface area contributed by atoms with Gasteiger partial charge in [0.2, 0.25) is 6.10 Å². The average molecular weight is 399 g/mol. The highest BCUT2D eigenvalue weighted by Crippen LogP contribution is 2.37. The van der Waals surface area contributed by atoms with Gasteiger partial charge in [0.05, 0.1) is 5.69 Å². The summed E-state index contributed by atoms with van der Waals surface area (Å²) in [6.07, 6.45) is -0.00948. The first kappa shape index (κ1) is 18.7. The Morgan fingerprint density at radius 1 is 1.14 bits per heavy atom. The number of anilines is 1. The molecule has 0 fully saturated rings. The van der Waals surface area contributed by atoms with Gasteiger partial charge in [0.25, 0.3) is 5.91 Å². The zero-order valence-electron chi connectivity index (χ0n) is 15.5. The number of esters is 1. The molecule has 0 saturated carbocycles. The lowest BCUT2D eigenvalue weighted by Crippen LogP contribution is -2.41. The molecule has 0 bridgehead atoms. The van der Waals surface area contributed by atoms with Gasteiger partial charge in [-0.05, 0) is 30.7 Å². The third-order valence-electron chi connectivity index (χ3n) is 4.65. The highest BCUT2D eigenvalue weighted by molar-refractivity contribution is 8.00. The largest absolute Gasteiger partial charge is 0.485 e. The van der Waals surface area contributed by atoms with E-state index in [2.05, 4.69) is 6.92 Å². The van der Waals surface area contributed by atoms with E-state index in [0.717, 1.165) is 17.0 Å². The van der Waals surface area contributed by atoms with Gasteiger partial charge >= 0.3 is 5.97 Å². The molecule has 6 nitrogen and oxygen atoms in total. The molecule has 0 unspecified atom stereocenters. The summed E-state index contributed by atoms with van der Waals surface area (Å²) >= 11 is 1.76. The lowest BCUT2D eigenvalue weighted by atomic mass is 10.2. The van der Waals surface area contributed by atoms with Crippen LogP contribution in [0, 0.1) is 0 Å². The van der Waals surface area contributed by atoms with Gasteiger partial charge in [-0.1, -0.05) is 31.2 Å². The normalized spacial score (nSPS) is 20.7. The highest BCUT2D eigenvalue weighted by atomic mass is 32.2. The lowest BCUT2D eigenvalue weighted by molar-refractivity contribution is -0.157. The molecule has 2 aromatic carbocycles. The molecule has 0 saturated heterocycles. The fraction of sp³-hybridized carbons (Fsp3) is 0.333. The van der Waals surface area contributed by atoms with Crippen LogP contribution in [0.1, 0.15) is 13.3 Å². The molecule has 2 atom stereocenters. The minimum absolute atomic E-state index is 0.0603. The van der Waals surface area contributed by atoms with Crippen LogP contribution in [0.5, 0.6) is 11.5 Å². The van der Waals surface area contributed by atoms with Gasteiger partial charge in [-0.15, -0.1) is 11.8 Å². The third kappa shape index (κ3) is 3.94. The Hall–Kier alpha value is -2.67. The molecule has 0 aromatic heterocycles. The van der Waals surface area contributed by atoms with E-state index in [-0.39, 0.29) is 19.1 Å². The molecule has 0 aliphatic carbocycles. The van der Waals surface area contributed by atoms with Crippen molar-refractivity contribution in [1.82, 2.24) is 0 Å². The fourth-order valence-corrected chi connectivity index (χ4v) is 4.30. The summed E-state index contributed by atoms with van der Waals surface area (Å²) in [6.45, 7) is 2.48. The van der Waals surface area contributed by atoms with E-state index in [9.17, 15) is 9.59 Å². The number of carbonyl (C=O) groups excluding carboxylic acids is 2. The van der Waals surface area contributed by atoms with E-state index >= 15 is 0 Å². The van der Waals surface area contributed by atoms with Crippen LogP contribution in [0.3, 0.4) is 0 Å². The van der Waals surface area contributed by atoms with Gasteiger partial charge in [0.1, 0.15) is 6.61 Å². The van der Waals surface area contributed by atoms with Gasteiger partial charge in [0.15, 0.2) is 18.1 Å². The number of amides is 1. The second-order valence-electron chi connectivity index (χ2n) is 6.70. The molecule has 1 amide bonds. The predicted octanol–water partition coefficient (Wildman–Crippen LogP) is 3.29. The Kier molecular flexibility index (Phi) is 5.43. The molecule has 2 aliphatic heterocycles. The zero-order chi connectivity index (χ0) is 19.5. The molecule has 0 N–H and O–H groups in total. The summed E-state index contributed by atoms with van der Waals surface area (Å²) in [5.41, 5.74) is 0.865. The molecule has 4 rings (SSSR count). The maximum atomic E-state index is 12.8. The van der Waals surface area contributed by atoms with Crippen LogP contribution in [0.2, 0.25) is 0 Å². The maximum absolute atomic E-state index is 12.8. The number of rotatable bonds is 3. The van der Waals surface area contributed by atoms with E-state index in [4.69, 9.17) is 14.2 Å². The molecule has 7 heteroatoms. The van der Waals surface area contributed by atoms with E-state index in [1.54, 1.807) is 34.9 Å². The smallest absolute Gasteiger partial charge is 0.351 e. The second-order valence-corrected chi connectivity index (χ2v) is 8.18. The lowest BCUT2D eigenvalue weighted by Gasteiger charge is -2.26. The number of para-hydroxylation sites is 3. The Balaban J connectivity index is 1.39. The quantitative estimate of drug-likeness (QED) is 0.738. The van der Waals surface area contributed by atoms with Crippen molar-refractivity contribution in [1.29, 1.82) is 0 Å². The number of hydrogen-bond acceptors (Lipinski definition) is 6. The standard InChI is InChI=1S/C21H21NO5S/c1-14-10-11-22(15-6-2-5-9-19(15)28-14)20(23)13-26-21(24)18-12-25-16-7-3-4-8-17(16)27-18/h2-9,14,18H,10-13H2,1H3/t14-,18-/m0/s1.